The van der Waals surface area contributed by atoms with Crippen molar-refractivity contribution in [1.29, 1.82) is 0 Å². The van der Waals surface area contributed by atoms with Crippen LogP contribution < -0.4 is 0 Å². The van der Waals surface area contributed by atoms with Crippen LogP contribution in [0.1, 0.15) is 39.0 Å². The summed E-state index contributed by atoms with van der Waals surface area (Å²) in [6.07, 6.45) is 4.51. The lowest BCUT2D eigenvalue weighted by molar-refractivity contribution is 0.246. The van der Waals surface area contributed by atoms with E-state index in [1.807, 2.05) is 24.3 Å². The highest BCUT2D eigenvalue weighted by atomic mass is 35.5. The molecule has 2 atom stereocenters. The quantitative estimate of drug-likeness (QED) is 0.753. The maximum absolute atomic E-state index is 6.63. The number of nitrogens with zero attached hydrogens (tertiary/aromatic N) is 1. The zero-order valence-corrected chi connectivity index (χ0v) is 12.3. The van der Waals surface area contributed by atoms with Crippen LogP contribution in [-0.4, -0.2) is 10.4 Å². The average molecular weight is 278 g/mol. The molecule has 102 valence electrons. The van der Waals surface area contributed by atoms with Gasteiger partial charge in [0.1, 0.15) is 5.52 Å². The molecule has 1 heterocycles. The van der Waals surface area contributed by atoms with E-state index in [1.165, 1.54) is 19.3 Å². The maximum Gasteiger partial charge on any atom is 0.196 e. The van der Waals surface area contributed by atoms with Crippen molar-refractivity contribution < 1.29 is 4.42 Å². The average Bonchev–Trinajstić information content (AvgIpc) is 2.90. The van der Waals surface area contributed by atoms with E-state index < -0.39 is 0 Å². The summed E-state index contributed by atoms with van der Waals surface area (Å²) in [6, 6.07) is 7.88. The highest BCUT2D eigenvalue weighted by molar-refractivity contribution is 6.21. The minimum absolute atomic E-state index is 0.116. The van der Waals surface area contributed by atoms with Crippen LogP contribution in [0.4, 0.5) is 0 Å². The third-order valence-electron chi connectivity index (χ3n) is 4.48. The summed E-state index contributed by atoms with van der Waals surface area (Å²) in [6.45, 7) is 4.65. The first-order chi connectivity index (χ1) is 9.06. The number of oxazole rings is 1. The lowest BCUT2D eigenvalue weighted by atomic mass is 9.79. The molecule has 3 rings (SSSR count). The standard InChI is InChI=1S/C16H20ClNO/c1-16(2)9-5-6-11(16)12(17)10-15-18-13-7-3-4-8-14(13)19-15/h3-4,7-8,11-12H,5-6,9-10H2,1-2H3. The fourth-order valence-corrected chi connectivity index (χ4v) is 3.94. The Bertz CT molecular complexity index is 542. The van der Waals surface area contributed by atoms with Crippen LogP contribution in [0.5, 0.6) is 0 Å². The number of benzene rings is 1. The molecular weight excluding hydrogens is 258 g/mol. The first kappa shape index (κ1) is 13.0. The van der Waals surface area contributed by atoms with Crippen LogP contribution >= 0.6 is 11.6 Å². The summed E-state index contributed by atoms with van der Waals surface area (Å²) in [5.74, 6) is 1.33. The summed E-state index contributed by atoms with van der Waals surface area (Å²) in [5.41, 5.74) is 2.12. The Balaban J connectivity index is 1.77. The van der Waals surface area contributed by atoms with E-state index >= 15 is 0 Å². The lowest BCUT2D eigenvalue weighted by Gasteiger charge is -2.30. The van der Waals surface area contributed by atoms with Gasteiger partial charge in [0.15, 0.2) is 11.5 Å². The monoisotopic (exact) mass is 277 g/mol. The number of fused-ring (bicyclic) bond motifs is 1. The SMILES string of the molecule is CC1(C)CCCC1C(Cl)Cc1nc2ccccc2o1. The second-order valence-electron chi connectivity index (χ2n) is 6.28. The number of hydrogen-bond acceptors (Lipinski definition) is 2. The van der Waals surface area contributed by atoms with Crippen molar-refractivity contribution in [2.24, 2.45) is 11.3 Å². The van der Waals surface area contributed by atoms with E-state index in [0.717, 1.165) is 23.4 Å². The van der Waals surface area contributed by atoms with E-state index in [9.17, 15) is 0 Å². The Kier molecular flexibility index (Phi) is 3.30. The summed E-state index contributed by atoms with van der Waals surface area (Å²) >= 11 is 6.63. The van der Waals surface area contributed by atoms with Crippen LogP contribution in [0.25, 0.3) is 11.1 Å². The number of para-hydroxylation sites is 2. The Morgan fingerprint density at radius 3 is 2.89 bits per heavy atom. The van der Waals surface area contributed by atoms with Crippen molar-refractivity contribution in [3.63, 3.8) is 0 Å². The number of rotatable bonds is 3. The van der Waals surface area contributed by atoms with E-state index in [-0.39, 0.29) is 5.38 Å². The molecule has 2 nitrogen and oxygen atoms in total. The van der Waals surface area contributed by atoms with Gasteiger partial charge < -0.3 is 4.42 Å². The third-order valence-corrected chi connectivity index (χ3v) is 4.94. The van der Waals surface area contributed by atoms with Crippen molar-refractivity contribution in [2.45, 2.75) is 44.9 Å². The Labute approximate surface area is 119 Å². The molecular formula is C16H20ClNO. The van der Waals surface area contributed by atoms with E-state index in [1.54, 1.807) is 0 Å². The number of aromatic nitrogens is 1. The second kappa shape index (κ2) is 4.82. The zero-order chi connectivity index (χ0) is 13.5. The summed E-state index contributed by atoms with van der Waals surface area (Å²) < 4.78 is 5.77. The lowest BCUT2D eigenvalue weighted by Crippen LogP contribution is -2.27. The molecule has 1 aromatic carbocycles. The summed E-state index contributed by atoms with van der Waals surface area (Å²) in [5, 5.41) is 0.116. The van der Waals surface area contributed by atoms with Crippen LogP contribution in [0.2, 0.25) is 0 Å². The van der Waals surface area contributed by atoms with E-state index in [2.05, 4.69) is 18.8 Å². The van der Waals surface area contributed by atoms with Gasteiger partial charge in [0.25, 0.3) is 0 Å². The molecule has 0 radical (unpaired) electrons. The molecule has 0 spiro atoms. The number of hydrogen-bond donors (Lipinski definition) is 0. The smallest absolute Gasteiger partial charge is 0.196 e. The highest BCUT2D eigenvalue weighted by Gasteiger charge is 2.39. The normalized spacial score (nSPS) is 23.8. The van der Waals surface area contributed by atoms with Gasteiger partial charge in [0.2, 0.25) is 0 Å². The van der Waals surface area contributed by atoms with E-state index in [0.29, 0.717) is 11.3 Å². The first-order valence-corrected chi connectivity index (χ1v) is 7.48. The van der Waals surface area contributed by atoms with Gasteiger partial charge in [-0.1, -0.05) is 32.4 Å². The molecule has 2 unspecified atom stereocenters. The molecule has 1 aliphatic rings. The van der Waals surface area contributed by atoms with Crippen molar-refractivity contribution in [1.82, 2.24) is 4.98 Å². The first-order valence-electron chi connectivity index (χ1n) is 7.05. The molecule has 0 bridgehead atoms. The van der Waals surface area contributed by atoms with Gasteiger partial charge in [-0.05, 0) is 36.3 Å². The predicted molar refractivity (Wildman–Crippen MR) is 78.5 cm³/mol. The molecule has 1 saturated carbocycles. The second-order valence-corrected chi connectivity index (χ2v) is 6.84. The van der Waals surface area contributed by atoms with Gasteiger partial charge >= 0.3 is 0 Å². The van der Waals surface area contributed by atoms with Gasteiger partial charge in [-0.3, -0.25) is 0 Å². The highest BCUT2D eigenvalue weighted by Crippen LogP contribution is 2.46. The van der Waals surface area contributed by atoms with Gasteiger partial charge in [0, 0.05) is 11.8 Å². The zero-order valence-electron chi connectivity index (χ0n) is 11.5. The molecule has 0 N–H and O–H groups in total. The van der Waals surface area contributed by atoms with Crippen molar-refractivity contribution >= 4 is 22.7 Å². The van der Waals surface area contributed by atoms with Gasteiger partial charge in [0.05, 0.1) is 0 Å². The van der Waals surface area contributed by atoms with Crippen LogP contribution in [0.3, 0.4) is 0 Å². The molecule has 0 amide bonds. The molecule has 1 fully saturated rings. The largest absolute Gasteiger partial charge is 0.441 e. The molecule has 0 aliphatic heterocycles. The van der Waals surface area contributed by atoms with Crippen LogP contribution in [-0.2, 0) is 6.42 Å². The number of halogens is 1. The molecule has 1 aromatic heterocycles. The third kappa shape index (κ3) is 2.51. The van der Waals surface area contributed by atoms with Crippen LogP contribution in [0.15, 0.2) is 28.7 Å². The van der Waals surface area contributed by atoms with E-state index in [4.69, 9.17) is 16.0 Å². The minimum Gasteiger partial charge on any atom is -0.441 e. The molecule has 2 aromatic rings. The minimum atomic E-state index is 0.116. The predicted octanol–water partition coefficient (Wildman–Crippen LogP) is 4.80. The molecule has 0 saturated heterocycles. The molecule has 1 aliphatic carbocycles. The fourth-order valence-electron chi connectivity index (χ4n) is 3.34. The van der Waals surface area contributed by atoms with Crippen molar-refractivity contribution in [2.75, 3.05) is 0 Å². The Morgan fingerprint density at radius 1 is 1.42 bits per heavy atom. The molecule has 19 heavy (non-hydrogen) atoms. The van der Waals surface area contributed by atoms with Gasteiger partial charge in [-0.15, -0.1) is 11.6 Å². The molecule has 3 heteroatoms. The van der Waals surface area contributed by atoms with Crippen LogP contribution in [0, 0.1) is 11.3 Å². The number of alkyl halides is 1. The summed E-state index contributed by atoms with van der Waals surface area (Å²) in [7, 11) is 0. The fraction of sp³-hybridized carbons (Fsp3) is 0.562. The Hall–Kier alpha value is -1.02. The maximum atomic E-state index is 6.63. The van der Waals surface area contributed by atoms with Gasteiger partial charge in [-0.2, -0.15) is 0 Å². The van der Waals surface area contributed by atoms with Gasteiger partial charge in [-0.25, -0.2) is 4.98 Å². The topological polar surface area (TPSA) is 26.0 Å². The summed E-state index contributed by atoms with van der Waals surface area (Å²) in [4.78, 5) is 4.52. The Morgan fingerprint density at radius 2 is 2.21 bits per heavy atom. The van der Waals surface area contributed by atoms with Crippen molar-refractivity contribution in [3.8, 4) is 0 Å². The van der Waals surface area contributed by atoms with Crippen molar-refractivity contribution in [3.05, 3.63) is 30.2 Å².